The smallest absolute Gasteiger partial charge is 0.123 e. The van der Waals surface area contributed by atoms with Gasteiger partial charge < -0.3 is 19.5 Å². The van der Waals surface area contributed by atoms with E-state index >= 15 is 0 Å². The van der Waals surface area contributed by atoms with E-state index in [1.165, 1.54) is 0 Å². The monoisotopic (exact) mass is 267 g/mol. The van der Waals surface area contributed by atoms with Crippen molar-refractivity contribution in [1.29, 1.82) is 0 Å². The minimum atomic E-state index is 0.582. The van der Waals surface area contributed by atoms with Gasteiger partial charge in [-0.2, -0.15) is 0 Å². The van der Waals surface area contributed by atoms with Gasteiger partial charge in [0.1, 0.15) is 11.5 Å². The fourth-order valence-electron chi connectivity index (χ4n) is 1.71. The van der Waals surface area contributed by atoms with E-state index in [0.29, 0.717) is 5.92 Å². The quantitative estimate of drug-likeness (QED) is 0.698. The van der Waals surface area contributed by atoms with E-state index in [4.69, 9.17) is 14.2 Å². The van der Waals surface area contributed by atoms with Crippen LogP contribution >= 0.6 is 0 Å². The summed E-state index contributed by atoms with van der Waals surface area (Å²) in [4.78, 5) is 0. The number of nitrogens with one attached hydrogen (secondary N) is 1. The predicted molar refractivity (Wildman–Crippen MR) is 76.9 cm³/mol. The lowest BCUT2D eigenvalue weighted by Gasteiger charge is -2.12. The van der Waals surface area contributed by atoms with Crippen molar-refractivity contribution >= 4 is 0 Å². The molecule has 0 heterocycles. The first kappa shape index (κ1) is 15.8. The van der Waals surface area contributed by atoms with Crippen molar-refractivity contribution in [3.63, 3.8) is 0 Å². The zero-order valence-electron chi connectivity index (χ0n) is 12.4. The summed E-state index contributed by atoms with van der Waals surface area (Å²) < 4.78 is 16.1. The number of hydrogen-bond acceptors (Lipinski definition) is 4. The second kappa shape index (κ2) is 8.77. The molecule has 0 spiro atoms. The maximum absolute atomic E-state index is 5.52. The van der Waals surface area contributed by atoms with Gasteiger partial charge in [-0.05, 0) is 24.1 Å². The van der Waals surface area contributed by atoms with Crippen molar-refractivity contribution in [2.24, 2.45) is 5.92 Å². The first-order chi connectivity index (χ1) is 9.17. The standard InChI is InChI=1S/C15H25NO3/c1-12(2)11-19-8-7-16-10-13-9-14(17-3)5-6-15(13)18-4/h5-6,9,12,16H,7-8,10-11H2,1-4H3. The van der Waals surface area contributed by atoms with Crippen molar-refractivity contribution in [1.82, 2.24) is 5.32 Å². The minimum absolute atomic E-state index is 0.582. The highest BCUT2D eigenvalue weighted by Crippen LogP contribution is 2.23. The topological polar surface area (TPSA) is 39.7 Å². The third-order valence-corrected chi connectivity index (χ3v) is 2.68. The lowest BCUT2D eigenvalue weighted by molar-refractivity contribution is 0.111. The van der Waals surface area contributed by atoms with Crippen LogP contribution in [-0.2, 0) is 11.3 Å². The molecule has 0 aliphatic heterocycles. The third-order valence-electron chi connectivity index (χ3n) is 2.68. The number of hydrogen-bond donors (Lipinski definition) is 1. The third kappa shape index (κ3) is 5.94. The highest BCUT2D eigenvalue weighted by atomic mass is 16.5. The molecule has 0 saturated carbocycles. The van der Waals surface area contributed by atoms with Crippen molar-refractivity contribution in [3.8, 4) is 11.5 Å². The minimum Gasteiger partial charge on any atom is -0.497 e. The van der Waals surface area contributed by atoms with Crippen LogP contribution in [0.15, 0.2) is 18.2 Å². The van der Waals surface area contributed by atoms with Crippen molar-refractivity contribution in [2.45, 2.75) is 20.4 Å². The Morgan fingerprint density at radius 3 is 2.58 bits per heavy atom. The molecule has 0 atom stereocenters. The van der Waals surface area contributed by atoms with Gasteiger partial charge in [0.25, 0.3) is 0 Å². The van der Waals surface area contributed by atoms with E-state index in [1.54, 1.807) is 14.2 Å². The summed E-state index contributed by atoms with van der Waals surface area (Å²) in [5, 5.41) is 3.34. The highest BCUT2D eigenvalue weighted by Gasteiger charge is 2.04. The largest absolute Gasteiger partial charge is 0.497 e. The van der Waals surface area contributed by atoms with Gasteiger partial charge in [0.15, 0.2) is 0 Å². The Bertz CT molecular complexity index is 366. The predicted octanol–water partition coefficient (Wildman–Crippen LogP) is 2.47. The van der Waals surface area contributed by atoms with Gasteiger partial charge in [0.05, 0.1) is 20.8 Å². The highest BCUT2D eigenvalue weighted by molar-refractivity contribution is 5.40. The van der Waals surface area contributed by atoms with E-state index in [2.05, 4.69) is 19.2 Å². The van der Waals surface area contributed by atoms with Crippen LogP contribution in [0.5, 0.6) is 11.5 Å². The molecule has 0 bridgehead atoms. The van der Waals surface area contributed by atoms with Gasteiger partial charge in [-0.1, -0.05) is 13.8 Å². The fraction of sp³-hybridized carbons (Fsp3) is 0.600. The molecule has 1 rings (SSSR count). The maximum atomic E-state index is 5.52. The van der Waals surface area contributed by atoms with Gasteiger partial charge in [-0.25, -0.2) is 0 Å². The normalized spacial score (nSPS) is 10.8. The molecule has 0 radical (unpaired) electrons. The van der Waals surface area contributed by atoms with Crippen LogP contribution in [0.1, 0.15) is 19.4 Å². The van der Waals surface area contributed by atoms with Gasteiger partial charge in [0.2, 0.25) is 0 Å². The van der Waals surface area contributed by atoms with Crippen molar-refractivity contribution in [2.75, 3.05) is 34.0 Å². The van der Waals surface area contributed by atoms with Crippen LogP contribution in [0.4, 0.5) is 0 Å². The Morgan fingerprint density at radius 1 is 1.16 bits per heavy atom. The van der Waals surface area contributed by atoms with Crippen LogP contribution in [0.3, 0.4) is 0 Å². The van der Waals surface area contributed by atoms with Crippen LogP contribution in [0.25, 0.3) is 0 Å². The molecule has 0 aliphatic carbocycles. The average molecular weight is 267 g/mol. The van der Waals surface area contributed by atoms with Crippen LogP contribution in [-0.4, -0.2) is 34.0 Å². The van der Waals surface area contributed by atoms with E-state index < -0.39 is 0 Å². The first-order valence-electron chi connectivity index (χ1n) is 6.66. The molecule has 0 unspecified atom stereocenters. The molecule has 1 aromatic rings. The Kier molecular flexibility index (Phi) is 7.30. The number of benzene rings is 1. The molecule has 0 aliphatic rings. The lowest BCUT2D eigenvalue weighted by atomic mass is 10.2. The summed E-state index contributed by atoms with van der Waals surface area (Å²) in [7, 11) is 3.34. The zero-order chi connectivity index (χ0) is 14.1. The summed E-state index contributed by atoms with van der Waals surface area (Å²) in [6.07, 6.45) is 0. The fourth-order valence-corrected chi connectivity index (χ4v) is 1.71. The van der Waals surface area contributed by atoms with E-state index in [1.807, 2.05) is 18.2 Å². The SMILES string of the molecule is COc1ccc(OC)c(CNCCOCC(C)C)c1. The van der Waals surface area contributed by atoms with Gasteiger partial charge >= 0.3 is 0 Å². The molecular formula is C15H25NO3. The summed E-state index contributed by atoms with van der Waals surface area (Å²) in [6.45, 7) is 7.40. The van der Waals surface area contributed by atoms with Crippen LogP contribution in [0.2, 0.25) is 0 Å². The summed E-state index contributed by atoms with van der Waals surface area (Å²) in [6, 6.07) is 5.81. The van der Waals surface area contributed by atoms with Crippen molar-refractivity contribution < 1.29 is 14.2 Å². The van der Waals surface area contributed by atoms with Crippen LogP contribution < -0.4 is 14.8 Å². The molecule has 1 aromatic carbocycles. The molecule has 108 valence electrons. The molecule has 0 fully saturated rings. The van der Waals surface area contributed by atoms with Gasteiger partial charge in [-0.15, -0.1) is 0 Å². The average Bonchev–Trinajstić information content (AvgIpc) is 2.42. The van der Waals surface area contributed by atoms with E-state index in [-0.39, 0.29) is 0 Å². The first-order valence-corrected chi connectivity index (χ1v) is 6.66. The summed E-state index contributed by atoms with van der Waals surface area (Å²) in [5.41, 5.74) is 1.09. The molecule has 4 nitrogen and oxygen atoms in total. The zero-order valence-corrected chi connectivity index (χ0v) is 12.4. The van der Waals surface area contributed by atoms with Gasteiger partial charge in [-0.3, -0.25) is 0 Å². The molecule has 0 aromatic heterocycles. The molecule has 19 heavy (non-hydrogen) atoms. The number of ether oxygens (including phenoxy) is 3. The molecular weight excluding hydrogens is 242 g/mol. The van der Waals surface area contributed by atoms with Crippen LogP contribution in [0, 0.1) is 5.92 Å². The van der Waals surface area contributed by atoms with Gasteiger partial charge in [0, 0.05) is 25.3 Å². The Hall–Kier alpha value is -1.26. The lowest BCUT2D eigenvalue weighted by Crippen LogP contribution is -2.20. The summed E-state index contributed by atoms with van der Waals surface area (Å²) >= 11 is 0. The molecule has 4 heteroatoms. The van der Waals surface area contributed by atoms with Crippen molar-refractivity contribution in [3.05, 3.63) is 23.8 Å². The molecule has 1 N–H and O–H groups in total. The Balaban J connectivity index is 2.35. The van der Waals surface area contributed by atoms with E-state index in [9.17, 15) is 0 Å². The van der Waals surface area contributed by atoms with E-state index in [0.717, 1.165) is 43.4 Å². The number of rotatable bonds is 9. The Labute approximate surface area is 116 Å². The molecule has 0 amide bonds. The molecule has 0 saturated heterocycles. The second-order valence-electron chi connectivity index (χ2n) is 4.82. The Morgan fingerprint density at radius 2 is 1.95 bits per heavy atom. The summed E-state index contributed by atoms with van der Waals surface area (Å²) in [5.74, 6) is 2.29. The second-order valence-corrected chi connectivity index (χ2v) is 4.82. The number of methoxy groups -OCH3 is 2. The maximum Gasteiger partial charge on any atom is 0.123 e.